The summed E-state index contributed by atoms with van der Waals surface area (Å²) in [5, 5.41) is 8.86. The summed E-state index contributed by atoms with van der Waals surface area (Å²) in [7, 11) is 0. The van der Waals surface area contributed by atoms with Gasteiger partial charge in [0.2, 0.25) is 0 Å². The van der Waals surface area contributed by atoms with Crippen LogP contribution in [0, 0.1) is 11.8 Å². The average molecular weight is 172 g/mol. The monoisotopic (exact) mass is 172 g/mol. The Kier molecular flexibility index (Phi) is 5.99. The first-order valence-corrected chi connectivity index (χ1v) is 4.73. The van der Waals surface area contributed by atoms with Crippen LogP contribution in [-0.4, -0.2) is 17.5 Å². The van der Waals surface area contributed by atoms with Crippen molar-refractivity contribution in [1.82, 2.24) is 0 Å². The quantitative estimate of drug-likeness (QED) is 0.665. The number of hydrogen-bond acceptors (Lipinski definition) is 2. The fraction of sp³-hybridized carbons (Fsp3) is 0.900. The Hall–Kier alpha value is -0.370. The molecule has 2 atom stereocenters. The lowest BCUT2D eigenvalue weighted by atomic mass is 9.94. The maximum Gasteiger partial charge on any atom is 0.135 e. The molecule has 2 nitrogen and oxygen atoms in total. The largest absolute Gasteiger partial charge is 0.396 e. The van der Waals surface area contributed by atoms with Gasteiger partial charge in [-0.05, 0) is 25.7 Å². The summed E-state index contributed by atoms with van der Waals surface area (Å²) in [5.41, 5.74) is 0. The van der Waals surface area contributed by atoms with E-state index in [-0.39, 0.29) is 18.3 Å². The van der Waals surface area contributed by atoms with Crippen molar-refractivity contribution in [3.8, 4) is 0 Å². The van der Waals surface area contributed by atoms with Crippen molar-refractivity contribution in [2.24, 2.45) is 11.8 Å². The lowest BCUT2D eigenvalue weighted by molar-refractivity contribution is -0.122. The van der Waals surface area contributed by atoms with E-state index < -0.39 is 0 Å². The van der Waals surface area contributed by atoms with E-state index in [1.165, 1.54) is 0 Å². The standard InChI is InChI=1S/C10H20O2/c1-4-8(2)5-6-10(7-11)9(3)12/h8,10-11H,4-7H2,1-3H3. The molecule has 0 fully saturated rings. The summed E-state index contributed by atoms with van der Waals surface area (Å²) in [4.78, 5) is 10.9. The van der Waals surface area contributed by atoms with Crippen LogP contribution in [0.25, 0.3) is 0 Å². The summed E-state index contributed by atoms with van der Waals surface area (Å²) in [5.74, 6) is 0.651. The van der Waals surface area contributed by atoms with Crippen molar-refractivity contribution in [2.75, 3.05) is 6.61 Å². The zero-order chi connectivity index (χ0) is 9.56. The Morgan fingerprint density at radius 2 is 2.00 bits per heavy atom. The number of rotatable bonds is 6. The zero-order valence-electron chi connectivity index (χ0n) is 8.34. The van der Waals surface area contributed by atoms with Gasteiger partial charge in [0.15, 0.2) is 0 Å². The van der Waals surface area contributed by atoms with Crippen molar-refractivity contribution >= 4 is 5.78 Å². The fourth-order valence-electron chi connectivity index (χ4n) is 1.11. The third-order valence-electron chi connectivity index (χ3n) is 2.50. The summed E-state index contributed by atoms with van der Waals surface area (Å²) in [6.07, 6.45) is 3.03. The Balaban J connectivity index is 3.65. The SMILES string of the molecule is CCC(C)CCC(CO)C(C)=O. The van der Waals surface area contributed by atoms with E-state index in [0.29, 0.717) is 5.92 Å². The molecule has 0 rings (SSSR count). The predicted molar refractivity (Wildman–Crippen MR) is 49.9 cm³/mol. The van der Waals surface area contributed by atoms with Gasteiger partial charge in [-0.1, -0.05) is 20.3 Å². The minimum atomic E-state index is -0.126. The van der Waals surface area contributed by atoms with E-state index >= 15 is 0 Å². The molecule has 0 radical (unpaired) electrons. The van der Waals surface area contributed by atoms with Gasteiger partial charge in [0.25, 0.3) is 0 Å². The molecule has 72 valence electrons. The molecule has 0 aromatic carbocycles. The van der Waals surface area contributed by atoms with Gasteiger partial charge in [-0.25, -0.2) is 0 Å². The number of ketones is 1. The molecule has 12 heavy (non-hydrogen) atoms. The smallest absolute Gasteiger partial charge is 0.135 e. The van der Waals surface area contributed by atoms with E-state index in [1.54, 1.807) is 6.92 Å². The van der Waals surface area contributed by atoms with Crippen molar-refractivity contribution in [1.29, 1.82) is 0 Å². The first kappa shape index (κ1) is 11.6. The first-order chi connectivity index (χ1) is 5.61. The topological polar surface area (TPSA) is 37.3 Å². The van der Waals surface area contributed by atoms with Crippen molar-refractivity contribution in [3.05, 3.63) is 0 Å². The maximum absolute atomic E-state index is 10.9. The molecule has 2 unspecified atom stereocenters. The van der Waals surface area contributed by atoms with Crippen LogP contribution in [0.1, 0.15) is 40.0 Å². The van der Waals surface area contributed by atoms with Gasteiger partial charge in [-0.15, -0.1) is 0 Å². The predicted octanol–water partition coefficient (Wildman–Crippen LogP) is 2.01. The van der Waals surface area contributed by atoms with Crippen LogP contribution < -0.4 is 0 Å². The highest BCUT2D eigenvalue weighted by molar-refractivity contribution is 5.78. The van der Waals surface area contributed by atoms with Crippen LogP contribution in [0.15, 0.2) is 0 Å². The highest BCUT2D eigenvalue weighted by atomic mass is 16.3. The van der Waals surface area contributed by atoms with E-state index in [1.807, 2.05) is 0 Å². The lowest BCUT2D eigenvalue weighted by Gasteiger charge is -2.13. The molecule has 0 aliphatic heterocycles. The second kappa shape index (κ2) is 6.18. The molecule has 1 N–H and O–H groups in total. The van der Waals surface area contributed by atoms with E-state index in [4.69, 9.17) is 5.11 Å². The fourth-order valence-corrected chi connectivity index (χ4v) is 1.11. The van der Waals surface area contributed by atoms with Gasteiger partial charge >= 0.3 is 0 Å². The lowest BCUT2D eigenvalue weighted by Crippen LogP contribution is -2.16. The van der Waals surface area contributed by atoms with Gasteiger partial charge in [0, 0.05) is 5.92 Å². The summed E-state index contributed by atoms with van der Waals surface area (Å²) in [6, 6.07) is 0. The zero-order valence-corrected chi connectivity index (χ0v) is 8.34. The highest BCUT2D eigenvalue weighted by Crippen LogP contribution is 2.15. The molecular weight excluding hydrogens is 152 g/mol. The average Bonchev–Trinajstić information content (AvgIpc) is 2.04. The number of Topliss-reactive ketones (excluding diaryl/α,β-unsaturated/α-hetero) is 1. The van der Waals surface area contributed by atoms with Crippen LogP contribution in [0.4, 0.5) is 0 Å². The summed E-state index contributed by atoms with van der Waals surface area (Å²) < 4.78 is 0. The molecule has 0 bridgehead atoms. The second-order valence-corrected chi connectivity index (χ2v) is 3.58. The minimum absolute atomic E-state index is 0.00572. The van der Waals surface area contributed by atoms with Crippen molar-refractivity contribution < 1.29 is 9.90 Å². The van der Waals surface area contributed by atoms with Crippen LogP contribution in [0.5, 0.6) is 0 Å². The van der Waals surface area contributed by atoms with Gasteiger partial charge in [0.1, 0.15) is 5.78 Å². The highest BCUT2D eigenvalue weighted by Gasteiger charge is 2.13. The van der Waals surface area contributed by atoms with Crippen molar-refractivity contribution in [2.45, 2.75) is 40.0 Å². The number of hydrogen-bond donors (Lipinski definition) is 1. The number of aliphatic hydroxyl groups excluding tert-OH is 1. The molecular formula is C10H20O2. The molecule has 0 spiro atoms. The molecule has 0 aliphatic carbocycles. The molecule has 0 amide bonds. The molecule has 0 saturated heterocycles. The molecule has 0 saturated carbocycles. The number of carbonyl (C=O) groups is 1. The second-order valence-electron chi connectivity index (χ2n) is 3.58. The molecule has 0 aromatic rings. The molecule has 0 aromatic heterocycles. The summed E-state index contributed by atoms with van der Waals surface area (Å²) >= 11 is 0. The number of aliphatic hydroxyl groups is 1. The maximum atomic E-state index is 10.9. The third-order valence-corrected chi connectivity index (χ3v) is 2.50. The van der Waals surface area contributed by atoms with E-state index in [9.17, 15) is 4.79 Å². The minimum Gasteiger partial charge on any atom is -0.396 e. The van der Waals surface area contributed by atoms with Gasteiger partial charge in [0.05, 0.1) is 6.61 Å². The van der Waals surface area contributed by atoms with Crippen LogP contribution >= 0.6 is 0 Å². The van der Waals surface area contributed by atoms with Crippen LogP contribution in [-0.2, 0) is 4.79 Å². The third kappa shape index (κ3) is 4.50. The van der Waals surface area contributed by atoms with Crippen molar-refractivity contribution in [3.63, 3.8) is 0 Å². The first-order valence-electron chi connectivity index (χ1n) is 4.73. The van der Waals surface area contributed by atoms with E-state index in [0.717, 1.165) is 19.3 Å². The molecule has 0 aliphatic rings. The number of carbonyl (C=O) groups excluding carboxylic acids is 1. The van der Waals surface area contributed by atoms with Crippen LogP contribution in [0.2, 0.25) is 0 Å². The van der Waals surface area contributed by atoms with E-state index in [2.05, 4.69) is 13.8 Å². The van der Waals surface area contributed by atoms with Gasteiger partial charge in [-0.3, -0.25) is 4.79 Å². The Morgan fingerprint density at radius 3 is 2.33 bits per heavy atom. The van der Waals surface area contributed by atoms with Gasteiger partial charge < -0.3 is 5.11 Å². The Bertz CT molecular complexity index is 132. The Morgan fingerprint density at radius 1 is 1.42 bits per heavy atom. The molecule has 0 heterocycles. The molecule has 2 heteroatoms. The van der Waals surface area contributed by atoms with Crippen LogP contribution in [0.3, 0.4) is 0 Å². The summed E-state index contributed by atoms with van der Waals surface area (Å²) in [6.45, 7) is 5.88. The normalized spacial score (nSPS) is 15.7. The van der Waals surface area contributed by atoms with Gasteiger partial charge in [-0.2, -0.15) is 0 Å². The Labute approximate surface area is 75.0 Å².